The van der Waals surface area contributed by atoms with Crippen molar-refractivity contribution in [2.24, 2.45) is 0 Å². The van der Waals surface area contributed by atoms with Crippen LogP contribution < -0.4 is 10.1 Å². The maximum Gasteiger partial charge on any atom is 0.253 e. The lowest BCUT2D eigenvalue weighted by atomic mass is 9.89. The van der Waals surface area contributed by atoms with Crippen molar-refractivity contribution in [2.75, 3.05) is 20.2 Å². The van der Waals surface area contributed by atoms with Gasteiger partial charge in [0.25, 0.3) is 11.8 Å². The van der Waals surface area contributed by atoms with E-state index < -0.39 is 0 Å². The summed E-state index contributed by atoms with van der Waals surface area (Å²) in [7, 11) is 1.61. The zero-order chi connectivity index (χ0) is 23.2. The van der Waals surface area contributed by atoms with Crippen LogP contribution in [0, 0.1) is 6.92 Å². The van der Waals surface area contributed by atoms with Crippen LogP contribution in [0.25, 0.3) is 0 Å². The molecule has 2 amide bonds. The van der Waals surface area contributed by atoms with E-state index in [4.69, 9.17) is 9.72 Å². The molecule has 0 spiro atoms. The van der Waals surface area contributed by atoms with Crippen molar-refractivity contribution in [3.8, 4) is 5.75 Å². The highest BCUT2D eigenvalue weighted by molar-refractivity contribution is 5.96. The van der Waals surface area contributed by atoms with Gasteiger partial charge in [-0.1, -0.05) is 30.3 Å². The maximum absolute atomic E-state index is 13.0. The number of benzene rings is 2. The second-order valence-electron chi connectivity index (χ2n) is 8.35. The number of piperidine rings is 1. The first-order valence-electron chi connectivity index (χ1n) is 11.3. The lowest BCUT2D eigenvalue weighted by Gasteiger charge is -2.32. The van der Waals surface area contributed by atoms with Gasteiger partial charge >= 0.3 is 0 Å². The number of aryl methyl sites for hydroxylation is 1. The Hall–Kier alpha value is -3.67. The normalized spacial score (nSPS) is 14.1. The molecule has 4 rings (SSSR count). The molecule has 0 aliphatic carbocycles. The second-order valence-corrected chi connectivity index (χ2v) is 8.35. The van der Waals surface area contributed by atoms with Crippen molar-refractivity contribution >= 4 is 11.8 Å². The van der Waals surface area contributed by atoms with E-state index in [-0.39, 0.29) is 17.7 Å². The van der Waals surface area contributed by atoms with Gasteiger partial charge in [0.2, 0.25) is 0 Å². The Morgan fingerprint density at radius 2 is 1.70 bits per heavy atom. The van der Waals surface area contributed by atoms with Gasteiger partial charge in [0, 0.05) is 36.8 Å². The third-order valence-electron chi connectivity index (χ3n) is 6.11. The minimum absolute atomic E-state index is 0.0223. The van der Waals surface area contributed by atoms with Crippen LogP contribution >= 0.6 is 0 Å². The van der Waals surface area contributed by atoms with E-state index in [9.17, 15) is 9.59 Å². The number of carbonyl (C=O) groups excluding carboxylic acids is 2. The molecule has 6 heteroatoms. The molecule has 1 fully saturated rings. The summed E-state index contributed by atoms with van der Waals surface area (Å²) >= 11 is 0. The number of nitrogens with one attached hydrogen (secondary N) is 1. The van der Waals surface area contributed by atoms with E-state index in [1.807, 2.05) is 54.3 Å². The predicted molar refractivity (Wildman–Crippen MR) is 127 cm³/mol. The smallest absolute Gasteiger partial charge is 0.253 e. The van der Waals surface area contributed by atoms with Gasteiger partial charge in [0.05, 0.1) is 18.4 Å². The Bertz CT molecular complexity index is 1110. The average molecular weight is 444 g/mol. The molecule has 3 aromatic rings. The molecule has 33 heavy (non-hydrogen) atoms. The molecule has 1 aliphatic heterocycles. The number of rotatable bonds is 6. The number of aromatic nitrogens is 1. The molecule has 6 nitrogen and oxygen atoms in total. The Morgan fingerprint density at radius 3 is 2.36 bits per heavy atom. The Labute approximate surface area is 194 Å². The second kappa shape index (κ2) is 10.3. The predicted octanol–water partition coefficient (Wildman–Crippen LogP) is 4.35. The van der Waals surface area contributed by atoms with Crippen LogP contribution in [0.4, 0.5) is 0 Å². The first-order chi connectivity index (χ1) is 16.0. The number of methoxy groups -OCH3 is 1. The summed E-state index contributed by atoms with van der Waals surface area (Å²) in [6.45, 7) is 3.69. The summed E-state index contributed by atoms with van der Waals surface area (Å²) in [6, 6.07) is 20.8. The molecule has 0 bridgehead atoms. The number of nitrogens with zero attached hydrogens (tertiary/aromatic N) is 2. The number of amides is 2. The molecule has 2 heterocycles. The molecule has 1 aliphatic rings. The Kier molecular flexibility index (Phi) is 7.03. The van der Waals surface area contributed by atoms with Crippen LogP contribution in [0.2, 0.25) is 0 Å². The van der Waals surface area contributed by atoms with Crippen LogP contribution in [-0.4, -0.2) is 41.9 Å². The first-order valence-corrected chi connectivity index (χ1v) is 11.3. The van der Waals surface area contributed by atoms with Crippen molar-refractivity contribution in [3.05, 3.63) is 94.8 Å². The summed E-state index contributed by atoms with van der Waals surface area (Å²) in [5.74, 6) is 0.781. The van der Waals surface area contributed by atoms with Crippen LogP contribution in [0.5, 0.6) is 5.75 Å². The van der Waals surface area contributed by atoms with Crippen molar-refractivity contribution in [1.82, 2.24) is 15.2 Å². The molecule has 1 N–H and O–H groups in total. The number of likely N-dealkylation sites (tertiary alicyclic amines) is 1. The van der Waals surface area contributed by atoms with E-state index in [1.165, 1.54) is 0 Å². The fraction of sp³-hybridized carbons (Fsp3) is 0.296. The van der Waals surface area contributed by atoms with Gasteiger partial charge in [-0.3, -0.25) is 14.6 Å². The number of hydrogen-bond acceptors (Lipinski definition) is 4. The average Bonchev–Trinajstić information content (AvgIpc) is 2.87. The minimum Gasteiger partial charge on any atom is -0.497 e. The van der Waals surface area contributed by atoms with Crippen LogP contribution in [0.15, 0.2) is 66.7 Å². The van der Waals surface area contributed by atoms with Crippen molar-refractivity contribution in [3.63, 3.8) is 0 Å². The minimum atomic E-state index is -0.113. The van der Waals surface area contributed by atoms with Crippen LogP contribution in [0.1, 0.15) is 56.4 Å². The van der Waals surface area contributed by atoms with Gasteiger partial charge in [0.1, 0.15) is 5.75 Å². The highest BCUT2D eigenvalue weighted by Gasteiger charge is 2.28. The van der Waals surface area contributed by atoms with E-state index in [0.29, 0.717) is 30.8 Å². The molecule has 0 unspecified atom stereocenters. The van der Waals surface area contributed by atoms with Crippen molar-refractivity contribution in [2.45, 2.75) is 32.2 Å². The largest absolute Gasteiger partial charge is 0.497 e. The fourth-order valence-corrected chi connectivity index (χ4v) is 4.23. The van der Waals surface area contributed by atoms with E-state index >= 15 is 0 Å². The third-order valence-corrected chi connectivity index (χ3v) is 6.11. The molecule has 1 saturated heterocycles. The molecule has 170 valence electrons. The standard InChI is InChI=1S/C27H29N3O3/c1-19-8-13-24(26(31)28-18-20-6-4-3-5-7-20)25(29-19)21-14-16-30(17-15-21)27(32)22-9-11-23(33-2)12-10-22/h3-13,21H,14-18H2,1-2H3,(H,28,31). The number of pyridine rings is 1. The summed E-state index contributed by atoms with van der Waals surface area (Å²) in [5, 5.41) is 3.02. The summed E-state index contributed by atoms with van der Waals surface area (Å²) < 4.78 is 5.18. The molecule has 0 saturated carbocycles. The zero-order valence-corrected chi connectivity index (χ0v) is 19.1. The molecular weight excluding hydrogens is 414 g/mol. The highest BCUT2D eigenvalue weighted by Crippen LogP contribution is 2.30. The van der Waals surface area contributed by atoms with Gasteiger partial charge in [-0.05, 0) is 61.7 Å². The van der Waals surface area contributed by atoms with Crippen LogP contribution in [0.3, 0.4) is 0 Å². The van der Waals surface area contributed by atoms with E-state index in [2.05, 4.69) is 5.32 Å². The number of carbonyl (C=O) groups is 2. The summed E-state index contributed by atoms with van der Waals surface area (Å²) in [6.07, 6.45) is 1.55. The Balaban J connectivity index is 1.42. The van der Waals surface area contributed by atoms with Gasteiger partial charge < -0.3 is 15.0 Å². The monoisotopic (exact) mass is 443 g/mol. The quantitative estimate of drug-likeness (QED) is 0.615. The third kappa shape index (κ3) is 5.40. The van der Waals surface area contributed by atoms with Crippen molar-refractivity contribution in [1.29, 1.82) is 0 Å². The number of ether oxygens (including phenoxy) is 1. The maximum atomic E-state index is 13.0. The molecule has 0 atom stereocenters. The molecular formula is C27H29N3O3. The number of hydrogen-bond donors (Lipinski definition) is 1. The zero-order valence-electron chi connectivity index (χ0n) is 19.1. The SMILES string of the molecule is COc1ccc(C(=O)N2CCC(c3nc(C)ccc3C(=O)NCc3ccccc3)CC2)cc1. The Morgan fingerprint density at radius 1 is 1.00 bits per heavy atom. The van der Waals surface area contributed by atoms with Gasteiger partial charge in [-0.25, -0.2) is 0 Å². The van der Waals surface area contributed by atoms with Gasteiger partial charge in [-0.15, -0.1) is 0 Å². The molecule has 2 aromatic carbocycles. The van der Waals surface area contributed by atoms with E-state index in [0.717, 1.165) is 35.5 Å². The topological polar surface area (TPSA) is 71.5 Å². The molecule has 1 aromatic heterocycles. The highest BCUT2D eigenvalue weighted by atomic mass is 16.5. The first kappa shape index (κ1) is 22.5. The van der Waals surface area contributed by atoms with E-state index in [1.54, 1.807) is 31.4 Å². The van der Waals surface area contributed by atoms with Gasteiger partial charge in [-0.2, -0.15) is 0 Å². The molecule has 0 radical (unpaired) electrons. The van der Waals surface area contributed by atoms with Crippen molar-refractivity contribution < 1.29 is 14.3 Å². The van der Waals surface area contributed by atoms with Gasteiger partial charge in [0.15, 0.2) is 0 Å². The lowest BCUT2D eigenvalue weighted by Crippen LogP contribution is -2.38. The fourth-order valence-electron chi connectivity index (χ4n) is 4.23. The summed E-state index contributed by atoms with van der Waals surface area (Å²) in [5.41, 5.74) is 4.05. The summed E-state index contributed by atoms with van der Waals surface area (Å²) in [4.78, 5) is 32.5. The van der Waals surface area contributed by atoms with Crippen LogP contribution in [-0.2, 0) is 6.54 Å². The lowest BCUT2D eigenvalue weighted by molar-refractivity contribution is 0.0710.